The molecule has 2 aromatic heterocycles. The van der Waals surface area contributed by atoms with Gasteiger partial charge >= 0.3 is 0 Å². The number of benzene rings is 1. The highest BCUT2D eigenvalue weighted by Crippen LogP contribution is 2.20. The van der Waals surface area contributed by atoms with E-state index >= 15 is 0 Å². The van der Waals surface area contributed by atoms with Crippen LogP contribution in [0.4, 0.5) is 14.5 Å². The van der Waals surface area contributed by atoms with Crippen LogP contribution < -0.4 is 5.32 Å². The summed E-state index contributed by atoms with van der Waals surface area (Å²) in [6.45, 7) is 1.78. The number of nitrogens with one attached hydrogen (secondary N) is 3. The summed E-state index contributed by atoms with van der Waals surface area (Å²) in [5.74, 6) is 0.584. The van der Waals surface area contributed by atoms with Crippen molar-refractivity contribution >= 4 is 11.6 Å². The molecule has 3 aromatic rings. The number of halogens is 2. The Labute approximate surface area is 129 Å². The van der Waals surface area contributed by atoms with Gasteiger partial charge < -0.3 is 5.32 Å². The molecule has 1 aromatic carbocycles. The van der Waals surface area contributed by atoms with Crippen molar-refractivity contribution in [3.8, 4) is 11.4 Å². The molecule has 2 heterocycles. The van der Waals surface area contributed by atoms with E-state index < -0.39 is 18.0 Å². The van der Waals surface area contributed by atoms with Crippen molar-refractivity contribution < 1.29 is 13.6 Å². The third kappa shape index (κ3) is 3.23. The quantitative estimate of drug-likeness (QED) is 0.688. The molecule has 118 valence electrons. The maximum Gasteiger partial charge on any atom is 0.279 e. The third-order valence-corrected chi connectivity index (χ3v) is 3.04. The Morgan fingerprint density at radius 3 is 2.70 bits per heavy atom. The minimum atomic E-state index is -2.71. The Kier molecular flexibility index (Phi) is 3.83. The van der Waals surface area contributed by atoms with Crippen molar-refractivity contribution in [2.24, 2.45) is 0 Å². The number of anilines is 1. The number of carbonyl (C=O) groups is 1. The van der Waals surface area contributed by atoms with Gasteiger partial charge in [0.1, 0.15) is 11.5 Å². The molecule has 0 saturated heterocycles. The average molecular weight is 318 g/mol. The highest BCUT2D eigenvalue weighted by molar-refractivity contribution is 6.03. The van der Waals surface area contributed by atoms with Gasteiger partial charge in [-0.2, -0.15) is 10.2 Å². The topological polar surface area (TPSA) is 99.3 Å². The van der Waals surface area contributed by atoms with E-state index in [4.69, 9.17) is 0 Å². The summed E-state index contributed by atoms with van der Waals surface area (Å²) in [4.78, 5) is 16.2. The molecule has 3 N–H and O–H groups in total. The second-order valence-electron chi connectivity index (χ2n) is 4.79. The van der Waals surface area contributed by atoms with Crippen molar-refractivity contribution in [2.75, 3.05) is 5.32 Å². The van der Waals surface area contributed by atoms with Gasteiger partial charge in [0, 0.05) is 11.3 Å². The van der Waals surface area contributed by atoms with Gasteiger partial charge in [-0.1, -0.05) is 12.1 Å². The Morgan fingerprint density at radius 2 is 2.04 bits per heavy atom. The molecule has 9 heteroatoms. The number of carbonyl (C=O) groups excluding carboxylic acids is 1. The van der Waals surface area contributed by atoms with E-state index in [-0.39, 0.29) is 5.69 Å². The minimum absolute atomic E-state index is 0.112. The Hall–Kier alpha value is -3.10. The van der Waals surface area contributed by atoms with E-state index in [1.54, 1.807) is 31.2 Å². The lowest BCUT2D eigenvalue weighted by atomic mass is 10.2. The smallest absolute Gasteiger partial charge is 0.279 e. The predicted octanol–water partition coefficient (Wildman–Crippen LogP) is 2.69. The number of nitrogens with zero attached hydrogens (tertiary/aromatic N) is 3. The number of aromatic amines is 2. The fraction of sp³-hybridized carbons (Fsp3) is 0.143. The van der Waals surface area contributed by atoms with Crippen LogP contribution in [0.1, 0.15) is 28.4 Å². The van der Waals surface area contributed by atoms with Crippen LogP contribution in [0.15, 0.2) is 30.3 Å². The molecule has 7 nitrogen and oxygen atoms in total. The number of H-pyrrole nitrogens is 2. The van der Waals surface area contributed by atoms with E-state index in [9.17, 15) is 13.6 Å². The van der Waals surface area contributed by atoms with Crippen LogP contribution in [0.5, 0.6) is 0 Å². The SMILES string of the molecule is Cc1nc(-c2cccc(NC(=O)c3cc(C(F)F)[nH]n3)c2)n[nH]1. The molecule has 0 unspecified atom stereocenters. The van der Waals surface area contributed by atoms with Gasteiger partial charge in [-0.05, 0) is 25.1 Å². The molecule has 0 aliphatic heterocycles. The number of aromatic nitrogens is 5. The normalized spacial score (nSPS) is 11.0. The molecule has 0 atom stereocenters. The van der Waals surface area contributed by atoms with Gasteiger partial charge in [0.15, 0.2) is 11.5 Å². The molecular weight excluding hydrogens is 306 g/mol. The molecule has 0 aliphatic carbocycles. The van der Waals surface area contributed by atoms with E-state index in [1.165, 1.54) is 0 Å². The van der Waals surface area contributed by atoms with E-state index in [2.05, 4.69) is 30.7 Å². The summed E-state index contributed by atoms with van der Waals surface area (Å²) in [7, 11) is 0. The second kappa shape index (κ2) is 5.95. The van der Waals surface area contributed by atoms with Gasteiger partial charge in [-0.3, -0.25) is 15.0 Å². The van der Waals surface area contributed by atoms with Crippen LogP contribution in [-0.2, 0) is 0 Å². The Morgan fingerprint density at radius 1 is 1.22 bits per heavy atom. The number of rotatable bonds is 4. The molecule has 0 aliphatic rings. The first-order valence-corrected chi connectivity index (χ1v) is 6.67. The minimum Gasteiger partial charge on any atom is -0.321 e. The molecule has 0 bridgehead atoms. The van der Waals surface area contributed by atoms with Gasteiger partial charge in [0.05, 0.1) is 0 Å². The zero-order chi connectivity index (χ0) is 16.4. The lowest BCUT2D eigenvalue weighted by molar-refractivity contribution is 0.102. The summed E-state index contributed by atoms with van der Waals surface area (Å²) < 4.78 is 25.0. The second-order valence-corrected chi connectivity index (χ2v) is 4.79. The summed E-state index contributed by atoms with van der Waals surface area (Å²) in [5, 5.41) is 15.1. The number of amides is 1. The van der Waals surface area contributed by atoms with Crippen molar-refractivity contribution in [2.45, 2.75) is 13.3 Å². The summed E-state index contributed by atoms with van der Waals surface area (Å²) in [6.07, 6.45) is -2.71. The number of hydrogen-bond acceptors (Lipinski definition) is 4. The van der Waals surface area contributed by atoms with E-state index in [1.807, 2.05) is 0 Å². The third-order valence-electron chi connectivity index (χ3n) is 3.04. The Balaban J connectivity index is 1.78. The fourth-order valence-electron chi connectivity index (χ4n) is 1.97. The standard InChI is InChI=1S/C14H12F2N6O/c1-7-17-13(22-19-7)8-3-2-4-9(5-8)18-14(23)11-6-10(12(15)16)20-21-11/h2-6,12H,1H3,(H,18,23)(H,20,21)(H,17,19,22). The molecule has 0 fully saturated rings. The van der Waals surface area contributed by atoms with Gasteiger partial charge in [0.25, 0.3) is 12.3 Å². The predicted molar refractivity (Wildman–Crippen MR) is 78.1 cm³/mol. The lowest BCUT2D eigenvalue weighted by Gasteiger charge is -2.04. The molecular formula is C14H12F2N6O. The monoisotopic (exact) mass is 318 g/mol. The van der Waals surface area contributed by atoms with Gasteiger partial charge in [-0.25, -0.2) is 13.8 Å². The van der Waals surface area contributed by atoms with Crippen LogP contribution in [0.25, 0.3) is 11.4 Å². The van der Waals surface area contributed by atoms with Crippen LogP contribution in [0.2, 0.25) is 0 Å². The average Bonchev–Trinajstić information content (AvgIpc) is 3.16. The zero-order valence-corrected chi connectivity index (χ0v) is 12.0. The molecule has 3 rings (SSSR count). The molecule has 0 spiro atoms. The number of aryl methyl sites for hydroxylation is 1. The first-order valence-electron chi connectivity index (χ1n) is 6.67. The van der Waals surface area contributed by atoms with Crippen LogP contribution in [0.3, 0.4) is 0 Å². The van der Waals surface area contributed by atoms with Crippen molar-refractivity contribution in [1.29, 1.82) is 0 Å². The molecule has 1 amide bonds. The lowest BCUT2D eigenvalue weighted by Crippen LogP contribution is -2.12. The molecule has 23 heavy (non-hydrogen) atoms. The van der Waals surface area contributed by atoms with Gasteiger partial charge in [0.2, 0.25) is 0 Å². The fourth-order valence-corrected chi connectivity index (χ4v) is 1.97. The zero-order valence-electron chi connectivity index (χ0n) is 12.0. The van der Waals surface area contributed by atoms with Gasteiger partial charge in [-0.15, -0.1) is 0 Å². The first-order chi connectivity index (χ1) is 11.0. The number of hydrogen-bond donors (Lipinski definition) is 3. The Bertz CT molecular complexity index is 841. The van der Waals surface area contributed by atoms with Crippen molar-refractivity contribution in [3.63, 3.8) is 0 Å². The summed E-state index contributed by atoms with van der Waals surface area (Å²) in [6, 6.07) is 7.89. The van der Waals surface area contributed by atoms with E-state index in [0.717, 1.165) is 6.07 Å². The summed E-state index contributed by atoms with van der Waals surface area (Å²) in [5.41, 5.74) is 0.679. The molecule has 0 saturated carbocycles. The highest BCUT2D eigenvalue weighted by atomic mass is 19.3. The largest absolute Gasteiger partial charge is 0.321 e. The van der Waals surface area contributed by atoms with Crippen molar-refractivity contribution in [3.05, 3.63) is 47.5 Å². The highest BCUT2D eigenvalue weighted by Gasteiger charge is 2.16. The first kappa shape index (κ1) is 14.8. The molecule has 0 radical (unpaired) electrons. The van der Waals surface area contributed by atoms with Crippen molar-refractivity contribution in [1.82, 2.24) is 25.4 Å². The summed E-state index contributed by atoms with van der Waals surface area (Å²) >= 11 is 0. The maximum atomic E-state index is 12.5. The van der Waals surface area contributed by atoms with Crippen LogP contribution in [0, 0.1) is 6.92 Å². The van der Waals surface area contributed by atoms with Crippen LogP contribution >= 0.6 is 0 Å². The maximum absolute atomic E-state index is 12.5. The van der Waals surface area contributed by atoms with Crippen LogP contribution in [-0.4, -0.2) is 31.3 Å². The van der Waals surface area contributed by atoms with E-state index in [0.29, 0.717) is 22.9 Å². The number of alkyl halides is 2.